The van der Waals surface area contributed by atoms with Gasteiger partial charge in [0.05, 0.1) is 10.0 Å². The molecule has 1 aliphatic heterocycles. The van der Waals surface area contributed by atoms with Crippen LogP contribution in [0.1, 0.15) is 13.8 Å². The second-order valence-corrected chi connectivity index (χ2v) is 8.42. The minimum absolute atomic E-state index is 0.296. The lowest BCUT2D eigenvalue weighted by molar-refractivity contribution is 0.105. The number of hydrogen-bond donors (Lipinski definition) is 5. The molecule has 7 nitrogen and oxygen atoms in total. The van der Waals surface area contributed by atoms with Gasteiger partial charge in [-0.05, 0) is 30.3 Å². The first-order chi connectivity index (χ1) is 15.4. The Hall–Kier alpha value is -2.45. The summed E-state index contributed by atoms with van der Waals surface area (Å²) in [5.74, 6) is 1.53. The summed E-state index contributed by atoms with van der Waals surface area (Å²) >= 11 is 11.9. The first kappa shape index (κ1) is 24.2. The van der Waals surface area contributed by atoms with E-state index in [1.54, 1.807) is 18.2 Å². The van der Waals surface area contributed by atoms with Crippen molar-refractivity contribution in [1.29, 1.82) is 0 Å². The van der Waals surface area contributed by atoms with Crippen molar-refractivity contribution in [2.75, 3.05) is 26.2 Å². The zero-order valence-electron chi connectivity index (χ0n) is 18.2. The van der Waals surface area contributed by atoms with Crippen molar-refractivity contribution in [3.05, 3.63) is 58.7 Å². The lowest BCUT2D eigenvalue weighted by Crippen LogP contribution is -2.35. The molecule has 0 bridgehead atoms. The van der Waals surface area contributed by atoms with Gasteiger partial charge in [0.2, 0.25) is 0 Å². The highest BCUT2D eigenvalue weighted by molar-refractivity contribution is 6.38. The number of para-hydroxylation sites is 1. The summed E-state index contributed by atoms with van der Waals surface area (Å²) in [7, 11) is 0. The number of H-pyrrole nitrogens is 1. The second kappa shape index (κ2) is 12.0. The highest BCUT2D eigenvalue weighted by Crippen LogP contribution is 2.32. The van der Waals surface area contributed by atoms with Gasteiger partial charge < -0.3 is 30.8 Å². The van der Waals surface area contributed by atoms with Crippen LogP contribution in [0.5, 0.6) is 5.75 Å². The van der Waals surface area contributed by atoms with Crippen molar-refractivity contribution in [1.82, 2.24) is 20.9 Å². The third-order valence-electron chi connectivity index (χ3n) is 4.62. The third-order valence-corrected chi connectivity index (χ3v) is 5.23. The molecule has 32 heavy (non-hydrogen) atoms. The number of fused-ring (bicyclic) bond motifs is 1. The second-order valence-electron chi connectivity index (χ2n) is 7.61. The van der Waals surface area contributed by atoms with Crippen LogP contribution in [0.25, 0.3) is 10.9 Å². The number of aliphatic imine (C=N–C) groups is 1. The first-order valence-electron chi connectivity index (χ1n) is 10.5. The van der Waals surface area contributed by atoms with Crippen LogP contribution in [0.3, 0.4) is 0 Å². The molecule has 2 aromatic carbocycles. The number of rotatable bonds is 7. The molecular formula is C23H29Cl2N5O2. The average molecular weight is 478 g/mol. The lowest BCUT2D eigenvalue weighted by Gasteiger charge is -2.15. The van der Waals surface area contributed by atoms with Gasteiger partial charge in [0, 0.05) is 42.8 Å². The van der Waals surface area contributed by atoms with Crippen LogP contribution in [0, 0.1) is 0 Å². The average Bonchev–Trinajstić information content (AvgIpc) is 3.46. The van der Waals surface area contributed by atoms with Crippen molar-refractivity contribution >= 4 is 45.8 Å². The van der Waals surface area contributed by atoms with Gasteiger partial charge >= 0.3 is 0 Å². The van der Waals surface area contributed by atoms with Crippen LogP contribution in [0.4, 0.5) is 5.69 Å². The van der Waals surface area contributed by atoms with E-state index in [-0.39, 0.29) is 0 Å². The maximum atomic E-state index is 9.79. The Kier molecular flexibility index (Phi) is 9.05. The number of nitrogens with zero attached hydrogens (tertiary/aromatic N) is 1. The SMILES string of the molecule is CC(C)NCC(O)COc1cccc2[nH]ccc12.Clc1cccc(Cl)c1N=C1NCCN1. The summed E-state index contributed by atoms with van der Waals surface area (Å²) in [6.07, 6.45) is 1.38. The predicted molar refractivity (Wildman–Crippen MR) is 133 cm³/mol. The molecule has 0 radical (unpaired) electrons. The normalized spacial score (nSPS) is 13.9. The Labute approximate surface area is 198 Å². The molecule has 0 saturated carbocycles. The van der Waals surface area contributed by atoms with E-state index in [4.69, 9.17) is 27.9 Å². The van der Waals surface area contributed by atoms with E-state index in [2.05, 4.69) is 25.9 Å². The highest BCUT2D eigenvalue weighted by atomic mass is 35.5. The molecule has 3 aromatic rings. The number of ether oxygens (including phenoxy) is 1. The van der Waals surface area contributed by atoms with E-state index in [1.165, 1.54) is 0 Å². The van der Waals surface area contributed by atoms with E-state index in [0.717, 1.165) is 35.7 Å². The summed E-state index contributed by atoms with van der Waals surface area (Å²) in [6.45, 7) is 6.69. The number of aliphatic hydroxyl groups is 1. The van der Waals surface area contributed by atoms with Gasteiger partial charge in [-0.3, -0.25) is 0 Å². The van der Waals surface area contributed by atoms with Gasteiger partial charge in [-0.1, -0.05) is 49.2 Å². The molecule has 1 aliphatic rings. The molecule has 1 aromatic heterocycles. The van der Waals surface area contributed by atoms with Gasteiger partial charge in [-0.25, -0.2) is 4.99 Å². The Morgan fingerprint density at radius 3 is 2.44 bits per heavy atom. The number of halogens is 2. The van der Waals surface area contributed by atoms with Crippen LogP contribution in [0.2, 0.25) is 10.0 Å². The molecule has 0 aliphatic carbocycles. The summed E-state index contributed by atoms with van der Waals surface area (Å²) < 4.78 is 5.66. The topological polar surface area (TPSA) is 93.7 Å². The summed E-state index contributed by atoms with van der Waals surface area (Å²) in [6, 6.07) is 13.5. The van der Waals surface area contributed by atoms with Crippen LogP contribution < -0.4 is 20.7 Å². The molecule has 1 saturated heterocycles. The molecule has 5 N–H and O–H groups in total. The number of hydrogen-bond acceptors (Lipinski definition) is 4. The van der Waals surface area contributed by atoms with Gasteiger partial charge in [0.15, 0.2) is 5.96 Å². The van der Waals surface area contributed by atoms with Crippen LogP contribution in [-0.2, 0) is 0 Å². The van der Waals surface area contributed by atoms with Gasteiger partial charge in [-0.2, -0.15) is 0 Å². The van der Waals surface area contributed by atoms with Crippen LogP contribution in [-0.4, -0.2) is 54.4 Å². The van der Waals surface area contributed by atoms with E-state index in [1.807, 2.05) is 44.3 Å². The molecule has 2 heterocycles. The fraction of sp³-hybridized carbons (Fsp3) is 0.348. The Morgan fingerprint density at radius 2 is 1.75 bits per heavy atom. The quantitative estimate of drug-likeness (QED) is 0.353. The van der Waals surface area contributed by atoms with E-state index >= 15 is 0 Å². The molecule has 4 rings (SSSR count). The Bertz CT molecular complexity index is 1010. The maximum Gasteiger partial charge on any atom is 0.196 e. The minimum Gasteiger partial charge on any atom is -0.490 e. The van der Waals surface area contributed by atoms with Crippen molar-refractivity contribution in [3.8, 4) is 5.75 Å². The summed E-state index contributed by atoms with van der Waals surface area (Å²) in [5, 5.41) is 21.3. The molecule has 1 atom stereocenters. The maximum absolute atomic E-state index is 9.79. The molecule has 172 valence electrons. The monoisotopic (exact) mass is 477 g/mol. The fourth-order valence-electron chi connectivity index (χ4n) is 3.01. The van der Waals surface area contributed by atoms with Crippen molar-refractivity contribution in [2.45, 2.75) is 26.0 Å². The predicted octanol–water partition coefficient (Wildman–Crippen LogP) is 4.08. The van der Waals surface area contributed by atoms with Gasteiger partial charge in [-0.15, -0.1) is 0 Å². The number of nitrogens with one attached hydrogen (secondary N) is 4. The van der Waals surface area contributed by atoms with Crippen LogP contribution in [0.15, 0.2) is 53.7 Å². The lowest BCUT2D eigenvalue weighted by atomic mass is 10.2. The summed E-state index contributed by atoms with van der Waals surface area (Å²) in [4.78, 5) is 7.42. The number of aromatic amines is 1. The smallest absolute Gasteiger partial charge is 0.196 e. The first-order valence-corrected chi connectivity index (χ1v) is 11.3. The number of aromatic nitrogens is 1. The molecule has 0 amide bonds. The molecule has 1 fully saturated rings. The standard InChI is InChI=1S/C14H20N2O2.C9H9Cl2N3/c1-10(2)16-8-11(17)9-18-14-5-3-4-13-12(14)6-7-15-13;10-6-2-1-3-7(11)8(6)14-9-12-4-5-13-9/h3-7,10-11,15-17H,8-9H2,1-2H3;1-3H,4-5H2,(H2,12,13,14). The Balaban J connectivity index is 0.000000186. The van der Waals surface area contributed by atoms with Crippen molar-refractivity contribution < 1.29 is 9.84 Å². The minimum atomic E-state index is -0.499. The number of benzene rings is 2. The molecular weight excluding hydrogens is 449 g/mol. The van der Waals surface area contributed by atoms with E-state index in [0.29, 0.717) is 34.9 Å². The summed E-state index contributed by atoms with van der Waals surface area (Å²) in [5.41, 5.74) is 1.65. The van der Waals surface area contributed by atoms with Gasteiger partial charge in [0.1, 0.15) is 24.1 Å². The van der Waals surface area contributed by atoms with Crippen LogP contribution >= 0.6 is 23.2 Å². The van der Waals surface area contributed by atoms with E-state index < -0.39 is 6.10 Å². The highest BCUT2D eigenvalue weighted by Gasteiger charge is 2.09. The number of guanidine groups is 1. The van der Waals surface area contributed by atoms with Gasteiger partial charge in [0.25, 0.3) is 0 Å². The fourth-order valence-corrected chi connectivity index (χ4v) is 3.49. The molecule has 0 spiro atoms. The largest absolute Gasteiger partial charge is 0.490 e. The third kappa shape index (κ3) is 7.03. The Morgan fingerprint density at radius 1 is 1.06 bits per heavy atom. The number of aliphatic hydroxyl groups excluding tert-OH is 1. The van der Waals surface area contributed by atoms with Crippen molar-refractivity contribution in [3.63, 3.8) is 0 Å². The zero-order chi connectivity index (χ0) is 22.9. The zero-order valence-corrected chi connectivity index (χ0v) is 19.7. The van der Waals surface area contributed by atoms with E-state index in [9.17, 15) is 5.11 Å². The van der Waals surface area contributed by atoms with Crippen molar-refractivity contribution in [2.24, 2.45) is 4.99 Å². The molecule has 1 unspecified atom stereocenters. The molecule has 9 heteroatoms.